The van der Waals surface area contributed by atoms with Crippen molar-refractivity contribution in [3.8, 4) is 11.1 Å². The molecule has 3 aromatic rings. The molecule has 0 saturated carbocycles. The highest BCUT2D eigenvalue weighted by Gasteiger charge is 2.00. The van der Waals surface area contributed by atoms with Crippen molar-refractivity contribution >= 4 is 17.7 Å². The molecule has 1 amide bonds. The lowest BCUT2D eigenvalue weighted by Gasteiger charge is -2.04. The van der Waals surface area contributed by atoms with Crippen LogP contribution in [-0.4, -0.2) is 11.0 Å². The first kappa shape index (κ1) is 17.6. The summed E-state index contributed by atoms with van der Waals surface area (Å²) in [5, 5.41) is 11.8. The number of amides is 1. The smallest absolute Gasteiger partial charge is 0.248 e. The minimum Gasteiger partial charge on any atom is -0.392 e. The molecule has 26 heavy (non-hydrogen) atoms. The van der Waals surface area contributed by atoms with Crippen LogP contribution in [0.5, 0.6) is 0 Å². The van der Waals surface area contributed by atoms with E-state index in [4.69, 9.17) is 5.11 Å². The minimum atomic E-state index is -0.192. The lowest BCUT2D eigenvalue weighted by molar-refractivity contribution is -0.111. The molecule has 3 nitrogen and oxygen atoms in total. The van der Waals surface area contributed by atoms with Crippen molar-refractivity contribution in [1.82, 2.24) is 0 Å². The van der Waals surface area contributed by atoms with E-state index >= 15 is 0 Å². The molecule has 3 rings (SSSR count). The lowest BCUT2D eigenvalue weighted by atomic mass is 10.0. The molecule has 0 heterocycles. The van der Waals surface area contributed by atoms with Crippen molar-refractivity contribution in [2.75, 3.05) is 5.32 Å². The van der Waals surface area contributed by atoms with Gasteiger partial charge in [0.25, 0.3) is 0 Å². The van der Waals surface area contributed by atoms with Gasteiger partial charge in [-0.3, -0.25) is 4.79 Å². The topological polar surface area (TPSA) is 49.3 Å². The van der Waals surface area contributed by atoms with E-state index in [0.29, 0.717) is 5.69 Å². The summed E-state index contributed by atoms with van der Waals surface area (Å²) >= 11 is 0. The number of aliphatic hydroxyl groups excluding tert-OH is 1. The molecule has 0 unspecified atom stereocenters. The Morgan fingerprint density at radius 3 is 2.38 bits per heavy atom. The van der Waals surface area contributed by atoms with Gasteiger partial charge in [-0.15, -0.1) is 0 Å². The zero-order valence-corrected chi connectivity index (χ0v) is 14.6. The van der Waals surface area contributed by atoms with Crippen LogP contribution in [0.3, 0.4) is 0 Å². The van der Waals surface area contributed by atoms with E-state index in [1.807, 2.05) is 12.1 Å². The van der Waals surface area contributed by atoms with Gasteiger partial charge in [-0.05, 0) is 53.5 Å². The fraction of sp³-hybridized carbons (Fsp3) is 0.0870. The minimum absolute atomic E-state index is 0.00848. The molecule has 0 aliphatic heterocycles. The summed E-state index contributed by atoms with van der Waals surface area (Å²) in [7, 11) is 0. The van der Waals surface area contributed by atoms with Crippen LogP contribution in [0.1, 0.15) is 16.7 Å². The van der Waals surface area contributed by atoms with Crippen LogP contribution in [0.25, 0.3) is 17.2 Å². The summed E-state index contributed by atoms with van der Waals surface area (Å²) in [6.07, 6.45) is 3.32. The van der Waals surface area contributed by atoms with Crippen LogP contribution in [0.2, 0.25) is 0 Å². The number of rotatable bonds is 5. The third kappa shape index (κ3) is 4.68. The molecule has 0 aromatic heterocycles. The van der Waals surface area contributed by atoms with Gasteiger partial charge in [0, 0.05) is 11.8 Å². The highest BCUT2D eigenvalue weighted by atomic mass is 16.3. The Morgan fingerprint density at radius 1 is 0.962 bits per heavy atom. The molecular formula is C23H21NO2. The SMILES string of the molecule is Cc1ccc(-c2cccc(/C=C/C(=O)Nc3ccc(CO)cc3)c2)cc1. The second-order valence-corrected chi connectivity index (χ2v) is 6.17. The number of aryl methyl sites for hydroxylation is 1. The maximum absolute atomic E-state index is 12.1. The molecule has 0 aliphatic carbocycles. The Kier molecular flexibility index (Phi) is 5.62. The largest absolute Gasteiger partial charge is 0.392 e. The van der Waals surface area contributed by atoms with Crippen molar-refractivity contribution in [3.63, 3.8) is 0 Å². The van der Waals surface area contributed by atoms with Crippen molar-refractivity contribution in [2.45, 2.75) is 13.5 Å². The Labute approximate surface area is 153 Å². The van der Waals surface area contributed by atoms with Gasteiger partial charge >= 0.3 is 0 Å². The van der Waals surface area contributed by atoms with Gasteiger partial charge in [0.05, 0.1) is 6.61 Å². The predicted molar refractivity (Wildman–Crippen MR) is 107 cm³/mol. The highest BCUT2D eigenvalue weighted by molar-refractivity contribution is 6.02. The molecule has 0 saturated heterocycles. The number of benzene rings is 3. The van der Waals surface area contributed by atoms with Crippen molar-refractivity contribution in [2.24, 2.45) is 0 Å². The van der Waals surface area contributed by atoms with Gasteiger partial charge in [-0.1, -0.05) is 60.2 Å². The predicted octanol–water partition coefficient (Wildman–Crippen LogP) is 4.81. The quantitative estimate of drug-likeness (QED) is 0.653. The molecule has 3 aromatic carbocycles. The Morgan fingerprint density at radius 2 is 1.69 bits per heavy atom. The van der Waals surface area contributed by atoms with E-state index in [1.165, 1.54) is 11.6 Å². The molecular weight excluding hydrogens is 322 g/mol. The first-order chi connectivity index (χ1) is 12.6. The molecule has 0 atom stereocenters. The van der Waals surface area contributed by atoms with E-state index in [2.05, 4.69) is 48.6 Å². The van der Waals surface area contributed by atoms with E-state index < -0.39 is 0 Å². The number of aliphatic hydroxyl groups is 1. The summed E-state index contributed by atoms with van der Waals surface area (Å²) in [4.78, 5) is 12.1. The first-order valence-electron chi connectivity index (χ1n) is 8.50. The summed E-state index contributed by atoms with van der Waals surface area (Å²) < 4.78 is 0. The summed E-state index contributed by atoms with van der Waals surface area (Å²) in [5.41, 5.74) is 5.98. The molecule has 0 bridgehead atoms. The van der Waals surface area contributed by atoms with Gasteiger partial charge in [0.15, 0.2) is 0 Å². The fourth-order valence-corrected chi connectivity index (χ4v) is 2.62. The zero-order chi connectivity index (χ0) is 18.4. The number of carbonyl (C=O) groups is 1. The van der Waals surface area contributed by atoms with Gasteiger partial charge in [-0.2, -0.15) is 0 Å². The van der Waals surface area contributed by atoms with E-state index in [0.717, 1.165) is 22.3 Å². The van der Waals surface area contributed by atoms with Gasteiger partial charge in [-0.25, -0.2) is 0 Å². The Bertz CT molecular complexity index is 910. The number of hydrogen-bond acceptors (Lipinski definition) is 2. The zero-order valence-electron chi connectivity index (χ0n) is 14.6. The normalized spacial score (nSPS) is 10.8. The first-order valence-corrected chi connectivity index (χ1v) is 8.50. The second-order valence-electron chi connectivity index (χ2n) is 6.17. The van der Waals surface area contributed by atoms with Gasteiger partial charge < -0.3 is 10.4 Å². The second kappa shape index (κ2) is 8.28. The summed E-state index contributed by atoms with van der Waals surface area (Å²) in [6.45, 7) is 2.06. The van der Waals surface area contributed by atoms with E-state index in [1.54, 1.807) is 30.3 Å². The molecule has 0 radical (unpaired) electrons. The maximum Gasteiger partial charge on any atom is 0.248 e. The van der Waals surface area contributed by atoms with E-state index in [9.17, 15) is 4.79 Å². The van der Waals surface area contributed by atoms with Crippen molar-refractivity contribution in [1.29, 1.82) is 0 Å². The van der Waals surface area contributed by atoms with Crippen molar-refractivity contribution in [3.05, 3.63) is 95.6 Å². The van der Waals surface area contributed by atoms with Crippen LogP contribution in [0.4, 0.5) is 5.69 Å². The van der Waals surface area contributed by atoms with Crippen LogP contribution >= 0.6 is 0 Å². The molecule has 0 aliphatic rings. The molecule has 0 spiro atoms. The summed E-state index contributed by atoms with van der Waals surface area (Å²) in [5.74, 6) is -0.192. The van der Waals surface area contributed by atoms with Crippen molar-refractivity contribution < 1.29 is 9.90 Å². The average Bonchev–Trinajstić information content (AvgIpc) is 2.68. The monoisotopic (exact) mass is 343 g/mol. The standard InChI is InChI=1S/C23H21NO2/c1-17-5-10-20(11-6-17)21-4-2-3-18(15-21)9-14-23(26)24-22-12-7-19(16-25)8-13-22/h2-15,25H,16H2,1H3,(H,24,26)/b14-9+. The van der Waals surface area contributed by atoms with Crippen LogP contribution in [0, 0.1) is 6.92 Å². The maximum atomic E-state index is 12.1. The number of nitrogens with one attached hydrogen (secondary N) is 1. The van der Waals surface area contributed by atoms with Gasteiger partial charge in [0.2, 0.25) is 5.91 Å². The van der Waals surface area contributed by atoms with Crippen LogP contribution in [-0.2, 0) is 11.4 Å². The number of carbonyl (C=O) groups excluding carboxylic acids is 1. The number of anilines is 1. The Hall–Kier alpha value is -3.17. The fourth-order valence-electron chi connectivity index (χ4n) is 2.62. The van der Waals surface area contributed by atoms with Gasteiger partial charge in [0.1, 0.15) is 0 Å². The molecule has 0 fully saturated rings. The molecule has 130 valence electrons. The lowest BCUT2D eigenvalue weighted by Crippen LogP contribution is -2.07. The van der Waals surface area contributed by atoms with Crippen LogP contribution < -0.4 is 5.32 Å². The third-order valence-electron chi connectivity index (χ3n) is 4.10. The van der Waals surface area contributed by atoms with E-state index in [-0.39, 0.29) is 12.5 Å². The molecule has 2 N–H and O–H groups in total. The third-order valence-corrected chi connectivity index (χ3v) is 4.10. The highest BCUT2D eigenvalue weighted by Crippen LogP contribution is 2.21. The average molecular weight is 343 g/mol. The van der Waals surface area contributed by atoms with Crippen LogP contribution in [0.15, 0.2) is 78.9 Å². The number of hydrogen-bond donors (Lipinski definition) is 2. The Balaban J connectivity index is 1.68. The molecule has 3 heteroatoms. The summed E-state index contributed by atoms with van der Waals surface area (Å²) in [6, 6.07) is 23.6.